The highest BCUT2D eigenvalue weighted by Gasteiger charge is 2.34. The first kappa shape index (κ1) is 38.4. The lowest BCUT2D eigenvalue weighted by molar-refractivity contribution is 0.0252. The van der Waals surface area contributed by atoms with Crippen molar-refractivity contribution < 1.29 is 30.0 Å². The van der Waals surface area contributed by atoms with Crippen molar-refractivity contribution in [2.75, 3.05) is 0 Å². The summed E-state index contributed by atoms with van der Waals surface area (Å²) in [6.45, 7) is 4.36. The number of carboxylic acids is 2. The minimum Gasteiger partial charge on any atom is -0.478 e. The lowest BCUT2D eigenvalue weighted by atomic mass is 9.97. The summed E-state index contributed by atoms with van der Waals surface area (Å²) in [6, 6.07) is 21.0. The lowest BCUT2D eigenvalue weighted by Gasteiger charge is -2.13. The van der Waals surface area contributed by atoms with Gasteiger partial charge in [0.2, 0.25) is 0 Å². The van der Waals surface area contributed by atoms with Crippen LogP contribution in [0.1, 0.15) is 132 Å². The van der Waals surface area contributed by atoms with Crippen molar-refractivity contribution in [3.8, 4) is 22.3 Å². The third-order valence-corrected chi connectivity index (χ3v) is 10.8. The number of H-pyrrole nitrogens is 2. The van der Waals surface area contributed by atoms with Crippen LogP contribution in [0.5, 0.6) is 0 Å². The zero-order valence-electron chi connectivity index (χ0n) is 31.8. The second kappa shape index (κ2) is 16.9. The fourth-order valence-electron chi connectivity index (χ4n) is 7.81. The average Bonchev–Trinajstić information content (AvgIpc) is 4.03. The first-order chi connectivity index (χ1) is 27.2. The Balaban J connectivity index is 1.60. The van der Waals surface area contributed by atoms with Crippen molar-refractivity contribution in [1.29, 1.82) is 0 Å². The molecule has 288 valence electrons. The maximum Gasteiger partial charge on any atom is 0.335 e. The molecule has 2 aliphatic heterocycles. The summed E-state index contributed by atoms with van der Waals surface area (Å²) in [5.74, 6) is -2.08. The van der Waals surface area contributed by atoms with Gasteiger partial charge in [0.25, 0.3) is 0 Å². The summed E-state index contributed by atoms with van der Waals surface area (Å²) in [6.07, 6.45) is 11.2. The molecule has 10 nitrogen and oxygen atoms in total. The van der Waals surface area contributed by atoms with E-state index in [4.69, 9.17) is 9.97 Å². The number of unbranched alkanes of at least 4 members (excludes halogenated alkanes) is 6. The number of nitrogens with zero attached hydrogens (tertiary/aromatic N) is 2. The van der Waals surface area contributed by atoms with E-state index in [1.165, 1.54) is 12.1 Å². The minimum atomic E-state index is -1.37. The van der Waals surface area contributed by atoms with Crippen LogP contribution < -0.4 is 0 Å². The number of rotatable bonds is 14. The van der Waals surface area contributed by atoms with E-state index >= 15 is 0 Å². The molecule has 2 aromatic carbocycles. The Morgan fingerprint density at radius 2 is 1.00 bits per heavy atom. The number of aromatic nitrogens is 4. The second-order valence-corrected chi connectivity index (χ2v) is 14.7. The van der Waals surface area contributed by atoms with Gasteiger partial charge in [0.05, 0.1) is 33.9 Å². The summed E-state index contributed by atoms with van der Waals surface area (Å²) >= 11 is 0. The second-order valence-electron chi connectivity index (χ2n) is 14.7. The molecule has 5 heterocycles. The first-order valence-corrected chi connectivity index (χ1v) is 19.7. The molecular weight excluding hydrogens is 705 g/mol. The molecule has 10 heteroatoms. The molecule has 0 spiro atoms. The zero-order chi connectivity index (χ0) is 39.3. The maximum atomic E-state index is 11.9. The van der Waals surface area contributed by atoms with Crippen molar-refractivity contribution in [2.24, 2.45) is 0 Å². The van der Waals surface area contributed by atoms with Crippen molar-refractivity contribution in [3.05, 3.63) is 118 Å². The fraction of sp³-hybridized carbons (Fsp3) is 0.304. The van der Waals surface area contributed by atoms with Gasteiger partial charge in [0.1, 0.15) is 12.2 Å². The number of aliphatic hydroxyl groups is 2. The SMILES string of the molecule is CCCCCCc1c2nc(c(-c3ccc(C(=O)O)cc3)c3ccc([nH]3)c(-c3ccc(C(=O)O)cc3)c3nc(c(CCCCCC)c4ccc1[nH]4)C(O)C3O)C=C2. The van der Waals surface area contributed by atoms with E-state index in [0.717, 1.165) is 96.8 Å². The number of aryl methyl sites for hydroxylation is 2. The summed E-state index contributed by atoms with van der Waals surface area (Å²) in [5.41, 5.74) is 10.0. The number of hydrogen-bond acceptors (Lipinski definition) is 6. The van der Waals surface area contributed by atoms with Crippen LogP contribution in [0, 0.1) is 0 Å². The Morgan fingerprint density at radius 3 is 1.57 bits per heavy atom. The number of fused-ring (bicyclic) bond motifs is 8. The molecule has 7 rings (SSSR count). The van der Waals surface area contributed by atoms with E-state index in [-0.39, 0.29) is 16.8 Å². The van der Waals surface area contributed by atoms with E-state index < -0.39 is 24.1 Å². The predicted octanol–water partition coefficient (Wildman–Crippen LogP) is 10.2. The fourth-order valence-corrected chi connectivity index (χ4v) is 7.81. The number of hydrogen-bond donors (Lipinski definition) is 6. The summed E-state index contributed by atoms with van der Waals surface area (Å²) in [5, 5.41) is 43.0. The summed E-state index contributed by atoms with van der Waals surface area (Å²) in [7, 11) is 0. The minimum absolute atomic E-state index is 0.112. The van der Waals surface area contributed by atoms with E-state index in [9.17, 15) is 30.0 Å². The van der Waals surface area contributed by atoms with Crippen LogP contribution in [0.4, 0.5) is 0 Å². The Kier molecular flexibility index (Phi) is 11.6. The molecule has 0 aliphatic carbocycles. The Hall–Kier alpha value is -5.84. The topological polar surface area (TPSA) is 172 Å². The standard InChI is InChI=1S/C46H48N4O6/c1-3-5-7-9-11-31-33-21-22-35(47-33)32(12-10-8-6-4-2)41-43(51)44(52)42(50-41)40(28-15-19-30(20-16-28)46(55)56)38-26-25-37(49-38)39(36-24-23-34(31)48-36)27-13-17-29(18-14-27)45(53)54/h13-26,43-44,47,49,51-52H,3-12H2,1-2H3,(H,53,54)(H,55,56). The molecule has 8 bridgehead atoms. The van der Waals surface area contributed by atoms with Gasteiger partial charge in [-0.15, -0.1) is 0 Å². The van der Waals surface area contributed by atoms with Crippen LogP contribution in [0.2, 0.25) is 0 Å². The van der Waals surface area contributed by atoms with Crippen LogP contribution in [0.25, 0.3) is 56.5 Å². The molecule has 0 saturated carbocycles. The van der Waals surface area contributed by atoms with Crippen molar-refractivity contribution in [3.63, 3.8) is 0 Å². The number of carbonyl (C=O) groups is 2. The third-order valence-electron chi connectivity index (χ3n) is 10.8. The number of benzene rings is 2. The van der Waals surface area contributed by atoms with Gasteiger partial charge in [0.15, 0.2) is 0 Å². The maximum absolute atomic E-state index is 11.9. The normalized spacial score (nSPS) is 15.0. The van der Waals surface area contributed by atoms with E-state index in [0.29, 0.717) is 40.0 Å². The number of carboxylic acid groups (broad SMARTS) is 2. The summed E-state index contributed by atoms with van der Waals surface area (Å²) < 4.78 is 0. The van der Waals surface area contributed by atoms with Crippen LogP contribution in [-0.2, 0) is 12.8 Å². The molecular formula is C46H48N4O6. The molecule has 56 heavy (non-hydrogen) atoms. The molecule has 2 unspecified atom stereocenters. The Bertz CT molecular complexity index is 2440. The van der Waals surface area contributed by atoms with Crippen molar-refractivity contribution in [2.45, 2.75) is 90.3 Å². The molecule has 0 saturated heterocycles. The van der Waals surface area contributed by atoms with Crippen molar-refractivity contribution in [1.82, 2.24) is 19.9 Å². The highest BCUT2D eigenvalue weighted by Crippen LogP contribution is 2.42. The van der Waals surface area contributed by atoms with Crippen LogP contribution in [-0.4, -0.2) is 52.3 Å². The van der Waals surface area contributed by atoms with Gasteiger partial charge in [-0.2, -0.15) is 0 Å². The van der Waals surface area contributed by atoms with E-state index in [2.05, 4.69) is 29.9 Å². The number of nitrogens with one attached hydrogen (secondary N) is 2. The monoisotopic (exact) mass is 752 g/mol. The third kappa shape index (κ3) is 7.80. The number of aromatic carboxylic acids is 2. The number of aromatic amines is 2. The van der Waals surface area contributed by atoms with E-state index in [1.807, 2.05) is 30.4 Å². The molecule has 0 radical (unpaired) electrons. The quantitative estimate of drug-likeness (QED) is 0.0597. The number of aliphatic hydroxyl groups excluding tert-OH is 2. The molecule has 2 atom stereocenters. The average molecular weight is 753 g/mol. The highest BCUT2D eigenvalue weighted by molar-refractivity contribution is 5.95. The molecule has 2 aliphatic rings. The molecule has 5 aromatic rings. The van der Waals surface area contributed by atoms with Gasteiger partial charge in [0, 0.05) is 38.8 Å². The van der Waals surface area contributed by atoms with Gasteiger partial charge in [-0.05, 0) is 103 Å². The Morgan fingerprint density at radius 1 is 0.536 bits per heavy atom. The summed E-state index contributed by atoms with van der Waals surface area (Å²) in [4.78, 5) is 41.2. The predicted molar refractivity (Wildman–Crippen MR) is 220 cm³/mol. The molecule has 3 aromatic heterocycles. The van der Waals surface area contributed by atoms with Gasteiger partial charge in [-0.25, -0.2) is 14.6 Å². The van der Waals surface area contributed by atoms with E-state index in [1.54, 1.807) is 36.4 Å². The van der Waals surface area contributed by atoms with Gasteiger partial charge >= 0.3 is 11.9 Å². The van der Waals surface area contributed by atoms with Gasteiger partial charge in [-0.1, -0.05) is 76.6 Å². The van der Waals surface area contributed by atoms with Crippen LogP contribution >= 0.6 is 0 Å². The zero-order valence-corrected chi connectivity index (χ0v) is 31.8. The lowest BCUT2D eigenvalue weighted by Crippen LogP contribution is -2.06. The van der Waals surface area contributed by atoms with Crippen LogP contribution in [0.15, 0.2) is 72.8 Å². The first-order valence-electron chi connectivity index (χ1n) is 19.7. The molecule has 0 amide bonds. The van der Waals surface area contributed by atoms with Gasteiger partial charge in [-0.3, -0.25) is 4.98 Å². The Labute approximate surface area is 325 Å². The van der Waals surface area contributed by atoms with Crippen molar-refractivity contribution >= 4 is 46.2 Å². The molecule has 0 fully saturated rings. The largest absolute Gasteiger partial charge is 0.478 e. The highest BCUT2D eigenvalue weighted by atomic mass is 16.4. The molecule has 6 N–H and O–H groups in total. The van der Waals surface area contributed by atoms with Gasteiger partial charge < -0.3 is 30.4 Å². The van der Waals surface area contributed by atoms with Crippen LogP contribution in [0.3, 0.4) is 0 Å². The smallest absolute Gasteiger partial charge is 0.335 e.